The molecule has 5 rings (SSSR count). The van der Waals surface area contributed by atoms with E-state index in [1.54, 1.807) is 11.1 Å². The molecule has 0 saturated carbocycles. The minimum atomic E-state index is -0.609. The van der Waals surface area contributed by atoms with E-state index in [0.29, 0.717) is 6.42 Å². The third-order valence-electron chi connectivity index (χ3n) is 6.59. The zero-order chi connectivity index (χ0) is 22.6. The number of aromatic amines is 1. The fraction of sp³-hybridized carbons (Fsp3) is 0.320. The molecule has 0 spiro atoms. The van der Waals surface area contributed by atoms with Gasteiger partial charge in [0.25, 0.3) is 5.91 Å². The monoisotopic (exact) mass is 429 g/mol. The number of rotatable bonds is 3. The van der Waals surface area contributed by atoms with Crippen molar-refractivity contribution in [1.29, 1.82) is 0 Å². The molecule has 3 heterocycles. The van der Waals surface area contributed by atoms with Crippen LogP contribution < -0.4 is 4.90 Å². The number of carbonyl (C=O) groups excluding carboxylic acids is 2. The van der Waals surface area contributed by atoms with Crippen LogP contribution in [0.1, 0.15) is 30.7 Å². The second kappa shape index (κ2) is 7.22. The van der Waals surface area contributed by atoms with E-state index < -0.39 is 11.6 Å². The van der Waals surface area contributed by atoms with Gasteiger partial charge < -0.3 is 14.8 Å². The molecule has 2 amide bonds. The average Bonchev–Trinajstić information content (AvgIpc) is 3.15. The molecule has 1 fully saturated rings. The summed E-state index contributed by atoms with van der Waals surface area (Å²) in [7, 11) is 3.97. The lowest BCUT2D eigenvalue weighted by Gasteiger charge is -2.50. The topological polar surface area (TPSA) is 72.0 Å². The fourth-order valence-electron chi connectivity index (χ4n) is 4.96. The van der Waals surface area contributed by atoms with Gasteiger partial charge in [-0.2, -0.15) is 5.10 Å². The highest BCUT2D eigenvalue weighted by Gasteiger charge is 2.51. The number of amides is 2. The minimum Gasteiger partial charge on any atom is -0.378 e. The van der Waals surface area contributed by atoms with E-state index in [1.807, 2.05) is 75.3 Å². The first kappa shape index (κ1) is 20.3. The van der Waals surface area contributed by atoms with Crippen molar-refractivity contribution in [2.45, 2.75) is 31.8 Å². The summed E-state index contributed by atoms with van der Waals surface area (Å²) in [6, 6.07) is 15.4. The van der Waals surface area contributed by atoms with Crippen molar-refractivity contribution < 1.29 is 9.59 Å². The van der Waals surface area contributed by atoms with E-state index in [4.69, 9.17) is 0 Å². The van der Waals surface area contributed by atoms with Crippen LogP contribution in [0.3, 0.4) is 0 Å². The van der Waals surface area contributed by atoms with Crippen molar-refractivity contribution in [1.82, 2.24) is 14.9 Å². The summed E-state index contributed by atoms with van der Waals surface area (Å²) < 4.78 is 0. The maximum absolute atomic E-state index is 13.4. The Kier molecular flexibility index (Phi) is 4.58. The average molecular weight is 430 g/mol. The lowest BCUT2D eigenvalue weighted by Crippen LogP contribution is -2.66. The number of H-pyrrole nitrogens is 1. The van der Waals surface area contributed by atoms with Crippen LogP contribution in [-0.4, -0.2) is 59.6 Å². The summed E-state index contributed by atoms with van der Waals surface area (Å²) >= 11 is 0. The fourth-order valence-corrected chi connectivity index (χ4v) is 4.96. The summed E-state index contributed by atoms with van der Waals surface area (Å²) in [6.07, 6.45) is 2.13. The lowest BCUT2D eigenvalue weighted by atomic mass is 9.82. The molecule has 1 atom stereocenters. The molecule has 1 saturated heterocycles. The van der Waals surface area contributed by atoms with Gasteiger partial charge in [-0.15, -0.1) is 0 Å². The van der Waals surface area contributed by atoms with Gasteiger partial charge >= 0.3 is 0 Å². The lowest BCUT2D eigenvalue weighted by molar-refractivity contribution is -0.163. The highest BCUT2D eigenvalue weighted by atomic mass is 16.2. The molecular formula is C25H27N5O2. The van der Waals surface area contributed by atoms with Gasteiger partial charge in [-0.1, -0.05) is 30.3 Å². The third-order valence-corrected chi connectivity index (χ3v) is 6.59. The van der Waals surface area contributed by atoms with Crippen LogP contribution in [0.5, 0.6) is 0 Å². The molecule has 0 aliphatic carbocycles. The Labute approximate surface area is 187 Å². The molecule has 1 unspecified atom stereocenters. The number of hydrogen-bond donors (Lipinski definition) is 1. The Hall–Kier alpha value is -3.61. The summed E-state index contributed by atoms with van der Waals surface area (Å²) in [6.45, 7) is 3.95. The number of nitrogens with one attached hydrogen (secondary N) is 1. The summed E-state index contributed by atoms with van der Waals surface area (Å²) in [5.74, 6) is -0.237. The van der Waals surface area contributed by atoms with Gasteiger partial charge in [0.1, 0.15) is 12.6 Å². The number of aromatic nitrogens is 1. The number of anilines is 1. The molecule has 7 heteroatoms. The summed E-state index contributed by atoms with van der Waals surface area (Å²) in [4.78, 5) is 33.9. The molecule has 2 aliphatic heterocycles. The van der Waals surface area contributed by atoms with Crippen molar-refractivity contribution in [3.05, 3.63) is 65.4 Å². The number of nitrogens with zero attached hydrogens (tertiary/aromatic N) is 4. The van der Waals surface area contributed by atoms with Gasteiger partial charge in [0.15, 0.2) is 0 Å². The first-order valence-electron chi connectivity index (χ1n) is 10.8. The molecule has 1 aromatic heterocycles. The van der Waals surface area contributed by atoms with Gasteiger partial charge in [0.2, 0.25) is 5.91 Å². The zero-order valence-electron chi connectivity index (χ0n) is 18.8. The van der Waals surface area contributed by atoms with E-state index in [2.05, 4.69) is 16.2 Å². The van der Waals surface area contributed by atoms with Crippen molar-refractivity contribution in [3.63, 3.8) is 0 Å². The molecule has 7 nitrogen and oxygen atoms in total. The van der Waals surface area contributed by atoms with Crippen LogP contribution in [0.15, 0.2) is 53.6 Å². The number of fused-ring (bicyclic) bond motifs is 4. The van der Waals surface area contributed by atoms with E-state index in [1.165, 1.54) is 5.01 Å². The molecule has 2 aliphatic rings. The van der Waals surface area contributed by atoms with Crippen LogP contribution in [0.2, 0.25) is 0 Å². The molecule has 3 aromatic rings. The van der Waals surface area contributed by atoms with Crippen LogP contribution >= 0.6 is 0 Å². The Bertz CT molecular complexity index is 1240. The van der Waals surface area contributed by atoms with E-state index in [0.717, 1.165) is 33.4 Å². The largest absolute Gasteiger partial charge is 0.378 e. The van der Waals surface area contributed by atoms with Gasteiger partial charge in [-0.3, -0.25) is 9.59 Å². The number of carbonyl (C=O) groups is 2. The number of benzene rings is 2. The minimum absolute atomic E-state index is 0.0550. The number of hydrazone groups is 1. The van der Waals surface area contributed by atoms with Crippen LogP contribution in [-0.2, 0) is 21.5 Å². The Morgan fingerprint density at radius 1 is 1.09 bits per heavy atom. The maximum Gasteiger partial charge on any atom is 0.266 e. The normalized spacial score (nSPS) is 20.1. The molecule has 32 heavy (non-hydrogen) atoms. The second-order valence-corrected chi connectivity index (χ2v) is 9.19. The predicted molar refractivity (Wildman–Crippen MR) is 126 cm³/mol. The Morgan fingerprint density at radius 3 is 2.53 bits per heavy atom. The van der Waals surface area contributed by atoms with Gasteiger partial charge in [0.05, 0.1) is 11.8 Å². The molecular weight excluding hydrogens is 402 g/mol. The van der Waals surface area contributed by atoms with Crippen molar-refractivity contribution in [2.24, 2.45) is 5.10 Å². The first-order valence-corrected chi connectivity index (χ1v) is 10.8. The maximum atomic E-state index is 13.4. The molecule has 0 radical (unpaired) electrons. The smallest absolute Gasteiger partial charge is 0.266 e. The van der Waals surface area contributed by atoms with E-state index in [9.17, 15) is 9.59 Å². The summed E-state index contributed by atoms with van der Waals surface area (Å²) in [5, 5.41) is 6.82. The standard InChI is InChI=1S/C25H27N5O2/c1-25(2)23-19(18-7-5-6-8-20(18)27-23)13-21-24(32)29(15-22(31)30(21)25)26-14-16-9-11-17(12-10-16)28(3)4/h5-12,14,21,27H,13,15H2,1-4H3. The highest BCUT2D eigenvalue weighted by Crippen LogP contribution is 2.42. The van der Waals surface area contributed by atoms with E-state index in [-0.39, 0.29) is 18.4 Å². The third kappa shape index (κ3) is 3.07. The first-order chi connectivity index (χ1) is 15.3. The van der Waals surface area contributed by atoms with Crippen molar-refractivity contribution >= 4 is 34.6 Å². The second-order valence-electron chi connectivity index (χ2n) is 9.19. The van der Waals surface area contributed by atoms with Crippen molar-refractivity contribution in [2.75, 3.05) is 25.5 Å². The van der Waals surface area contributed by atoms with Crippen LogP contribution in [0.4, 0.5) is 5.69 Å². The van der Waals surface area contributed by atoms with Crippen LogP contribution in [0.25, 0.3) is 10.9 Å². The quantitative estimate of drug-likeness (QED) is 0.651. The Balaban J connectivity index is 1.46. The number of para-hydroxylation sites is 1. The predicted octanol–water partition coefficient (Wildman–Crippen LogP) is 3.10. The zero-order valence-corrected chi connectivity index (χ0v) is 18.8. The molecule has 1 N–H and O–H groups in total. The summed E-state index contributed by atoms with van der Waals surface area (Å²) in [5.41, 5.74) is 4.50. The molecule has 0 bridgehead atoms. The Morgan fingerprint density at radius 2 is 1.81 bits per heavy atom. The van der Waals surface area contributed by atoms with Gasteiger partial charge in [-0.05, 0) is 43.2 Å². The number of hydrogen-bond acceptors (Lipinski definition) is 4. The van der Waals surface area contributed by atoms with Gasteiger partial charge in [-0.25, -0.2) is 5.01 Å². The number of piperazine rings is 1. The van der Waals surface area contributed by atoms with Gasteiger partial charge in [0, 0.05) is 42.8 Å². The molecule has 164 valence electrons. The van der Waals surface area contributed by atoms with E-state index >= 15 is 0 Å². The van der Waals surface area contributed by atoms with Crippen LogP contribution in [0, 0.1) is 0 Å². The SMILES string of the molecule is CN(C)c1ccc(C=NN2CC(=O)N3C(Cc4c([nH]c5ccccc45)C3(C)C)C2=O)cc1. The van der Waals surface area contributed by atoms with Crippen molar-refractivity contribution in [3.8, 4) is 0 Å². The highest BCUT2D eigenvalue weighted by molar-refractivity contribution is 5.98. The molecule has 2 aromatic carbocycles.